The number of hydrogen-bond acceptors (Lipinski definition) is 5. The summed E-state index contributed by atoms with van der Waals surface area (Å²) in [4.78, 5) is 41.7. The number of hydrogen-bond donors (Lipinski definition) is 1. The number of rotatable bonds is 2. The second kappa shape index (κ2) is 5.06. The Labute approximate surface area is 132 Å². The van der Waals surface area contributed by atoms with Gasteiger partial charge in [-0.3, -0.25) is 19.3 Å². The van der Waals surface area contributed by atoms with Crippen molar-refractivity contribution in [3.8, 4) is 0 Å². The maximum absolute atomic E-state index is 12.6. The highest BCUT2D eigenvalue weighted by molar-refractivity contribution is 7.08. The zero-order valence-electron chi connectivity index (χ0n) is 12.8. The van der Waals surface area contributed by atoms with Crippen molar-refractivity contribution in [3.05, 3.63) is 21.9 Å². The van der Waals surface area contributed by atoms with Gasteiger partial charge >= 0.3 is 0 Å². The van der Waals surface area contributed by atoms with Crippen LogP contribution >= 0.6 is 11.3 Å². The van der Waals surface area contributed by atoms with E-state index in [-0.39, 0.29) is 17.7 Å². The number of nitrogens with zero attached hydrogens (tertiary/aromatic N) is 3. The molecule has 1 N–H and O–H groups in total. The van der Waals surface area contributed by atoms with Gasteiger partial charge in [0.1, 0.15) is 5.54 Å². The molecule has 2 aliphatic rings. The first-order valence-electron chi connectivity index (χ1n) is 6.93. The van der Waals surface area contributed by atoms with Gasteiger partial charge < -0.3 is 15.1 Å². The molecule has 0 aromatic carbocycles. The summed E-state index contributed by atoms with van der Waals surface area (Å²) in [6.07, 6.45) is 0. The molecule has 1 aromatic rings. The topological polar surface area (TPSA) is 73.0 Å². The van der Waals surface area contributed by atoms with Gasteiger partial charge in [-0.2, -0.15) is 11.3 Å². The molecule has 0 aliphatic carbocycles. The molecule has 8 heteroatoms. The SMILES string of the molecule is CN(C)C(=O)c1cscc1C(=O)N1CC2(C1)C(=O)NCN2C. The van der Waals surface area contributed by atoms with Crippen LogP contribution in [0, 0.1) is 0 Å². The minimum Gasteiger partial charge on any atom is -0.345 e. The largest absolute Gasteiger partial charge is 0.345 e. The summed E-state index contributed by atoms with van der Waals surface area (Å²) in [5.41, 5.74) is 0.238. The van der Waals surface area contributed by atoms with E-state index in [4.69, 9.17) is 0 Å². The van der Waals surface area contributed by atoms with Crippen molar-refractivity contribution < 1.29 is 14.4 Å². The highest BCUT2D eigenvalue weighted by Crippen LogP contribution is 2.32. The van der Waals surface area contributed by atoms with Crippen molar-refractivity contribution in [2.45, 2.75) is 5.54 Å². The van der Waals surface area contributed by atoms with E-state index in [1.54, 1.807) is 29.8 Å². The summed E-state index contributed by atoms with van der Waals surface area (Å²) in [5.74, 6) is -0.408. The molecular formula is C14H18N4O3S. The Bertz CT molecular complexity index is 648. The third-order valence-electron chi connectivity index (χ3n) is 4.35. The molecule has 0 bridgehead atoms. The van der Waals surface area contributed by atoms with E-state index in [0.29, 0.717) is 30.9 Å². The van der Waals surface area contributed by atoms with Crippen LogP contribution in [0.1, 0.15) is 20.7 Å². The first kappa shape index (κ1) is 15.0. The van der Waals surface area contributed by atoms with E-state index >= 15 is 0 Å². The number of thiophene rings is 1. The van der Waals surface area contributed by atoms with Crippen molar-refractivity contribution in [2.75, 3.05) is 40.9 Å². The summed E-state index contributed by atoms with van der Waals surface area (Å²) in [6.45, 7) is 1.23. The van der Waals surface area contributed by atoms with E-state index in [1.807, 2.05) is 11.9 Å². The normalized spacial score (nSPS) is 20.0. The second-order valence-corrected chi connectivity index (χ2v) is 6.70. The molecule has 7 nitrogen and oxygen atoms in total. The van der Waals surface area contributed by atoms with Crippen LogP contribution in [0.3, 0.4) is 0 Å². The summed E-state index contributed by atoms with van der Waals surface area (Å²) in [7, 11) is 5.18. The molecule has 3 amide bonds. The van der Waals surface area contributed by atoms with Gasteiger partial charge in [0.2, 0.25) is 5.91 Å². The molecule has 2 fully saturated rings. The minimum absolute atomic E-state index is 0.0334. The first-order chi connectivity index (χ1) is 10.4. The standard InChI is InChI=1S/C14H18N4O3S/c1-16(2)11(19)9-4-22-5-10(9)12(20)18-6-14(7-18)13(21)15-8-17(14)3/h4-5H,6-8H2,1-3H3,(H,15,21). The summed E-state index contributed by atoms with van der Waals surface area (Å²) in [6, 6.07) is 0. The van der Waals surface area contributed by atoms with Crippen LogP contribution in [-0.4, -0.2) is 78.9 Å². The first-order valence-corrected chi connectivity index (χ1v) is 7.88. The van der Waals surface area contributed by atoms with E-state index in [1.165, 1.54) is 16.2 Å². The van der Waals surface area contributed by atoms with Crippen LogP contribution in [0.15, 0.2) is 10.8 Å². The van der Waals surface area contributed by atoms with Crippen LogP contribution in [0.2, 0.25) is 0 Å². The molecule has 2 saturated heterocycles. The monoisotopic (exact) mass is 322 g/mol. The molecule has 1 spiro atoms. The maximum atomic E-state index is 12.6. The fourth-order valence-corrected chi connectivity index (χ4v) is 3.63. The van der Waals surface area contributed by atoms with Gasteiger partial charge in [-0.25, -0.2) is 0 Å². The summed E-state index contributed by atoms with van der Waals surface area (Å²) < 4.78 is 0. The predicted molar refractivity (Wildman–Crippen MR) is 81.7 cm³/mol. The third kappa shape index (κ3) is 2.02. The van der Waals surface area contributed by atoms with Gasteiger partial charge in [0, 0.05) is 24.9 Å². The van der Waals surface area contributed by atoms with Gasteiger partial charge in [0.25, 0.3) is 11.8 Å². The molecule has 1 aromatic heterocycles. The Morgan fingerprint density at radius 1 is 1.27 bits per heavy atom. The van der Waals surface area contributed by atoms with Crippen molar-refractivity contribution in [1.82, 2.24) is 20.0 Å². The Kier molecular flexibility index (Phi) is 3.45. The Morgan fingerprint density at radius 2 is 1.91 bits per heavy atom. The zero-order valence-corrected chi connectivity index (χ0v) is 13.6. The maximum Gasteiger partial charge on any atom is 0.255 e. The Morgan fingerprint density at radius 3 is 2.45 bits per heavy atom. The average Bonchev–Trinajstić information content (AvgIpc) is 3.01. The molecule has 0 saturated carbocycles. The lowest BCUT2D eigenvalue weighted by Crippen LogP contribution is -2.71. The van der Waals surface area contributed by atoms with Crippen LogP contribution < -0.4 is 5.32 Å². The van der Waals surface area contributed by atoms with Crippen LogP contribution in [-0.2, 0) is 4.79 Å². The van der Waals surface area contributed by atoms with Crippen LogP contribution in [0.5, 0.6) is 0 Å². The number of carbonyl (C=O) groups excluding carboxylic acids is 3. The van der Waals surface area contributed by atoms with Gasteiger partial charge in [-0.05, 0) is 7.05 Å². The fraction of sp³-hybridized carbons (Fsp3) is 0.500. The van der Waals surface area contributed by atoms with Gasteiger partial charge in [0.15, 0.2) is 0 Å². The van der Waals surface area contributed by atoms with Crippen LogP contribution in [0.25, 0.3) is 0 Å². The predicted octanol–water partition coefficient (Wildman–Crippen LogP) is -0.336. The lowest BCUT2D eigenvalue weighted by atomic mass is 9.88. The molecular weight excluding hydrogens is 304 g/mol. The molecule has 118 valence electrons. The molecule has 0 unspecified atom stereocenters. The molecule has 3 rings (SSSR count). The van der Waals surface area contributed by atoms with E-state index in [2.05, 4.69) is 5.32 Å². The Balaban J connectivity index is 1.77. The van der Waals surface area contributed by atoms with Crippen molar-refractivity contribution in [3.63, 3.8) is 0 Å². The second-order valence-electron chi connectivity index (χ2n) is 5.95. The third-order valence-corrected chi connectivity index (χ3v) is 5.09. The van der Waals surface area contributed by atoms with E-state index in [9.17, 15) is 14.4 Å². The van der Waals surface area contributed by atoms with Crippen molar-refractivity contribution in [1.29, 1.82) is 0 Å². The van der Waals surface area contributed by atoms with Gasteiger partial charge in [0.05, 0.1) is 30.9 Å². The average molecular weight is 322 g/mol. The zero-order chi connectivity index (χ0) is 16.1. The smallest absolute Gasteiger partial charge is 0.255 e. The summed E-state index contributed by atoms with van der Waals surface area (Å²) in [5, 5.41) is 6.18. The van der Waals surface area contributed by atoms with Crippen LogP contribution in [0.4, 0.5) is 0 Å². The molecule has 3 heterocycles. The number of nitrogens with one attached hydrogen (secondary N) is 1. The van der Waals surface area contributed by atoms with Crippen molar-refractivity contribution in [2.24, 2.45) is 0 Å². The number of likely N-dealkylation sites (tertiary alicyclic amines) is 1. The van der Waals surface area contributed by atoms with E-state index in [0.717, 1.165) is 0 Å². The van der Waals surface area contributed by atoms with E-state index < -0.39 is 5.54 Å². The lowest BCUT2D eigenvalue weighted by Gasteiger charge is -2.49. The molecule has 2 aliphatic heterocycles. The lowest BCUT2D eigenvalue weighted by molar-refractivity contribution is -0.133. The fourth-order valence-electron chi connectivity index (χ4n) is 2.83. The Hall–Kier alpha value is -1.93. The minimum atomic E-state index is -0.600. The molecule has 0 atom stereocenters. The van der Waals surface area contributed by atoms with Gasteiger partial charge in [-0.1, -0.05) is 0 Å². The van der Waals surface area contributed by atoms with Crippen molar-refractivity contribution >= 4 is 29.1 Å². The molecule has 22 heavy (non-hydrogen) atoms. The number of carbonyl (C=O) groups is 3. The molecule has 0 radical (unpaired) electrons. The highest BCUT2D eigenvalue weighted by atomic mass is 32.1. The number of likely N-dealkylation sites (N-methyl/N-ethyl adjacent to an activating group) is 1. The highest BCUT2D eigenvalue weighted by Gasteiger charge is 2.57. The quantitative estimate of drug-likeness (QED) is 0.809. The van der Waals surface area contributed by atoms with Gasteiger partial charge in [-0.15, -0.1) is 0 Å². The number of amides is 3. The summed E-state index contributed by atoms with van der Waals surface area (Å²) >= 11 is 1.33.